The highest BCUT2D eigenvalue weighted by Crippen LogP contribution is 2.41. The van der Waals surface area contributed by atoms with Gasteiger partial charge in [-0.3, -0.25) is 0 Å². The molecule has 0 amide bonds. The Balaban J connectivity index is 1.78. The second kappa shape index (κ2) is 4.73. The van der Waals surface area contributed by atoms with Crippen LogP contribution >= 0.6 is 0 Å². The Bertz CT molecular complexity index is 144. The van der Waals surface area contributed by atoms with E-state index in [-0.39, 0.29) is 10.0 Å². The molecule has 0 N–H and O–H groups in total. The van der Waals surface area contributed by atoms with E-state index in [0.717, 1.165) is 22.3 Å². The van der Waals surface area contributed by atoms with Crippen LogP contribution in [0.1, 0.15) is 38.5 Å². The van der Waals surface area contributed by atoms with Crippen LogP contribution in [0, 0.1) is 11.8 Å². The van der Waals surface area contributed by atoms with Crippen LogP contribution in [0.25, 0.3) is 0 Å². The maximum atomic E-state index is 5.89. The van der Waals surface area contributed by atoms with E-state index in [1.807, 2.05) is 0 Å². The van der Waals surface area contributed by atoms with Gasteiger partial charge in [0.05, 0.1) is 6.10 Å². The summed E-state index contributed by atoms with van der Waals surface area (Å²) in [5.74, 6) is 1.77. The van der Waals surface area contributed by atoms with E-state index in [1.165, 1.54) is 38.5 Å². The normalized spacial score (nSPS) is 24.7. The summed E-state index contributed by atoms with van der Waals surface area (Å²) in [5, 5.41) is 0. The largest absolute Gasteiger partial charge is 0.446 e. The first-order chi connectivity index (χ1) is 6.42. The average Bonchev–Trinajstić information content (AvgIpc) is 1.93. The summed E-state index contributed by atoms with van der Waals surface area (Å²) in [6.45, 7) is 0. The van der Waals surface area contributed by atoms with Crippen molar-refractivity contribution in [3.8, 4) is 0 Å². The smallest absolute Gasteiger partial charge is 0.353 e. The Morgan fingerprint density at radius 3 is 1.92 bits per heavy atom. The zero-order valence-electron chi connectivity index (χ0n) is 8.37. The van der Waals surface area contributed by atoms with Gasteiger partial charge in [0, 0.05) is 0 Å². The van der Waals surface area contributed by atoms with Crippen LogP contribution in [-0.2, 0) is 8.54 Å². The minimum absolute atomic E-state index is 0.142. The molecule has 0 saturated heterocycles. The Kier molecular flexibility index (Phi) is 3.60. The molecule has 1 radical (unpaired) electrons. The monoisotopic (exact) mass is 215 g/mol. The van der Waals surface area contributed by atoms with Gasteiger partial charge in [0.1, 0.15) is 10.5 Å². The Labute approximate surface area is 86.0 Å². The molecule has 2 fully saturated rings. The summed E-state index contributed by atoms with van der Waals surface area (Å²) < 4.78 is 11.1. The number of rotatable bonds is 5. The van der Waals surface area contributed by atoms with E-state index >= 15 is 0 Å². The highest BCUT2D eigenvalue weighted by atomic mass is 28.3. The van der Waals surface area contributed by atoms with E-state index in [9.17, 15) is 0 Å². The van der Waals surface area contributed by atoms with E-state index < -0.39 is 0 Å². The zero-order valence-corrected chi connectivity index (χ0v) is 11.5. The Hall–Kier alpha value is 0.354. The third kappa shape index (κ3) is 2.23. The van der Waals surface area contributed by atoms with E-state index in [0.29, 0.717) is 6.10 Å². The van der Waals surface area contributed by atoms with Crippen molar-refractivity contribution in [2.75, 3.05) is 0 Å². The first-order valence-electron chi connectivity index (χ1n) is 5.42. The fourth-order valence-corrected chi connectivity index (χ4v) is 3.28. The van der Waals surface area contributed by atoms with Gasteiger partial charge >= 0.3 is 10.0 Å². The molecule has 13 heavy (non-hydrogen) atoms. The predicted octanol–water partition coefficient (Wildman–Crippen LogP) is 0.535. The molecule has 0 atom stereocenters. The Morgan fingerprint density at radius 1 is 1.08 bits per heavy atom. The fraction of sp³-hybridized carbons (Fsp3) is 1.00. The molecule has 4 heteroatoms. The molecule has 0 bridgehead atoms. The molecule has 0 aromatic heterocycles. The third-order valence-electron chi connectivity index (χ3n) is 3.54. The molecule has 0 aromatic carbocycles. The van der Waals surface area contributed by atoms with Gasteiger partial charge < -0.3 is 8.54 Å². The van der Waals surface area contributed by atoms with Gasteiger partial charge in [-0.25, -0.2) is 0 Å². The van der Waals surface area contributed by atoms with Crippen molar-refractivity contribution >= 4 is 20.5 Å². The van der Waals surface area contributed by atoms with Crippen LogP contribution in [0.4, 0.5) is 0 Å². The lowest BCUT2D eigenvalue weighted by molar-refractivity contribution is -0.0000619. The maximum absolute atomic E-state index is 5.89. The minimum atomic E-state index is -0.142. The van der Waals surface area contributed by atoms with Crippen molar-refractivity contribution in [2.45, 2.75) is 44.6 Å². The highest BCUT2D eigenvalue weighted by molar-refractivity contribution is 6.27. The molecule has 2 saturated carbocycles. The second-order valence-electron chi connectivity index (χ2n) is 4.31. The molecule has 2 nitrogen and oxygen atoms in total. The molecule has 0 heterocycles. The molecular weight excluding hydrogens is 196 g/mol. The highest BCUT2D eigenvalue weighted by Gasteiger charge is 2.36. The third-order valence-corrected chi connectivity index (χ3v) is 4.73. The lowest BCUT2D eigenvalue weighted by atomic mass is 9.70. The van der Waals surface area contributed by atoms with Crippen LogP contribution in [-0.4, -0.2) is 26.6 Å². The molecule has 0 aliphatic heterocycles. The van der Waals surface area contributed by atoms with Gasteiger partial charge in [0.15, 0.2) is 0 Å². The summed E-state index contributed by atoms with van der Waals surface area (Å²) in [6.07, 6.45) is 9.04. The maximum Gasteiger partial charge on any atom is 0.353 e. The van der Waals surface area contributed by atoms with Crippen molar-refractivity contribution in [1.29, 1.82) is 0 Å². The van der Waals surface area contributed by atoms with Crippen molar-refractivity contribution in [3.63, 3.8) is 0 Å². The molecule has 2 aliphatic rings. The summed E-state index contributed by atoms with van der Waals surface area (Å²) in [5.41, 5.74) is 0. The fourth-order valence-electron chi connectivity index (χ4n) is 2.26. The van der Waals surface area contributed by atoms with E-state index in [1.54, 1.807) is 0 Å². The lowest BCUT2D eigenvalue weighted by Crippen LogP contribution is -2.40. The summed E-state index contributed by atoms with van der Waals surface area (Å²) >= 11 is 0. The van der Waals surface area contributed by atoms with Gasteiger partial charge in [-0.15, -0.1) is 0 Å². The topological polar surface area (TPSA) is 18.5 Å². The van der Waals surface area contributed by atoms with Crippen LogP contribution in [0.5, 0.6) is 0 Å². The summed E-state index contributed by atoms with van der Waals surface area (Å²) in [6, 6.07) is 0. The molecule has 0 aromatic rings. The molecule has 75 valence electrons. The van der Waals surface area contributed by atoms with Crippen LogP contribution in [0.15, 0.2) is 0 Å². The molecular formula is C9H19O2Si2. The van der Waals surface area contributed by atoms with Gasteiger partial charge in [0.25, 0.3) is 0 Å². The van der Waals surface area contributed by atoms with Crippen LogP contribution in [0.2, 0.25) is 0 Å². The van der Waals surface area contributed by atoms with Crippen molar-refractivity contribution in [3.05, 3.63) is 0 Å². The quantitative estimate of drug-likeness (QED) is 0.623. The van der Waals surface area contributed by atoms with Gasteiger partial charge in [-0.05, 0) is 37.5 Å². The number of hydrogen-bond donors (Lipinski definition) is 0. The SMILES string of the molecule is [SiH3]O[SiH]OC(C1CCC1)C1CCC1. The first-order valence-corrected chi connectivity index (χ1v) is 7.17. The molecule has 0 spiro atoms. The van der Waals surface area contributed by atoms with Crippen molar-refractivity contribution < 1.29 is 8.54 Å². The van der Waals surface area contributed by atoms with Gasteiger partial charge in [0.2, 0.25) is 0 Å². The van der Waals surface area contributed by atoms with Gasteiger partial charge in [-0.2, -0.15) is 0 Å². The minimum Gasteiger partial charge on any atom is -0.446 e. The molecule has 2 rings (SSSR count). The summed E-state index contributed by atoms with van der Waals surface area (Å²) in [7, 11) is 0.695. The molecule has 0 unspecified atom stereocenters. The van der Waals surface area contributed by atoms with Crippen molar-refractivity contribution in [2.24, 2.45) is 11.8 Å². The summed E-state index contributed by atoms with van der Waals surface area (Å²) in [4.78, 5) is 0. The zero-order chi connectivity index (χ0) is 9.10. The molecule has 2 aliphatic carbocycles. The van der Waals surface area contributed by atoms with Crippen LogP contribution < -0.4 is 0 Å². The van der Waals surface area contributed by atoms with Crippen LogP contribution in [0.3, 0.4) is 0 Å². The number of hydrogen-bond acceptors (Lipinski definition) is 2. The lowest BCUT2D eigenvalue weighted by Gasteiger charge is -2.42. The standard InChI is InChI=1S/C9H19O2Si2/c12-11-13-10-9(7-3-1-4-7)8-5-2-6-8/h7-9,13H,1-6H2,12H3. The van der Waals surface area contributed by atoms with Gasteiger partial charge in [-0.1, -0.05) is 12.8 Å². The second-order valence-corrected chi connectivity index (χ2v) is 6.66. The van der Waals surface area contributed by atoms with E-state index in [4.69, 9.17) is 8.54 Å². The predicted molar refractivity (Wildman–Crippen MR) is 57.7 cm³/mol. The first kappa shape index (κ1) is 9.89. The average molecular weight is 215 g/mol. The Morgan fingerprint density at radius 2 is 1.62 bits per heavy atom. The van der Waals surface area contributed by atoms with E-state index in [2.05, 4.69) is 0 Å². The van der Waals surface area contributed by atoms with Crippen molar-refractivity contribution in [1.82, 2.24) is 0 Å².